The minimum atomic E-state index is -4.62. The Balaban J connectivity index is 0.00000353. The fraction of sp³-hybridized carbons (Fsp3) is 0.346. The number of aryl methyl sites for hydroxylation is 1. The first-order valence-corrected chi connectivity index (χ1v) is 12.2. The van der Waals surface area contributed by atoms with Crippen LogP contribution in [0.3, 0.4) is 0 Å². The van der Waals surface area contributed by atoms with Crippen molar-refractivity contribution in [3.8, 4) is 23.1 Å². The summed E-state index contributed by atoms with van der Waals surface area (Å²) in [5.41, 5.74) is 0.355. The summed E-state index contributed by atoms with van der Waals surface area (Å²) in [6.45, 7) is 4.29. The number of piperazine rings is 1. The van der Waals surface area contributed by atoms with Crippen LogP contribution in [0.25, 0.3) is 22.3 Å². The van der Waals surface area contributed by atoms with Gasteiger partial charge >= 0.3 is 6.18 Å². The van der Waals surface area contributed by atoms with Crippen LogP contribution in [-0.4, -0.2) is 69.2 Å². The first-order chi connectivity index (χ1) is 18.3. The third-order valence-electron chi connectivity index (χ3n) is 6.51. The molecule has 0 N–H and O–H groups in total. The Morgan fingerprint density at radius 2 is 1.87 bits per heavy atom. The van der Waals surface area contributed by atoms with Gasteiger partial charge in [0.05, 0.1) is 23.4 Å². The SMILES string of the molecule is Cl.Cn1nnc2c(C#N)nc(-c3ccc(OCCCN4CCN(c5ccccn5)CC4)c(C(F)(F)F)c3)cc21. The average molecular weight is 559 g/mol. The molecule has 0 atom stereocenters. The van der Waals surface area contributed by atoms with Gasteiger partial charge in [-0.15, -0.1) is 17.5 Å². The molecule has 1 aliphatic rings. The van der Waals surface area contributed by atoms with Crippen molar-refractivity contribution >= 4 is 29.3 Å². The van der Waals surface area contributed by atoms with E-state index in [9.17, 15) is 18.4 Å². The molecule has 4 heterocycles. The van der Waals surface area contributed by atoms with Gasteiger partial charge in [-0.2, -0.15) is 18.4 Å². The predicted molar refractivity (Wildman–Crippen MR) is 142 cm³/mol. The summed E-state index contributed by atoms with van der Waals surface area (Å²) >= 11 is 0. The number of aromatic nitrogens is 5. The molecule has 0 radical (unpaired) electrons. The van der Waals surface area contributed by atoms with Crippen LogP contribution >= 0.6 is 12.4 Å². The molecule has 204 valence electrons. The molecule has 0 amide bonds. The van der Waals surface area contributed by atoms with E-state index in [1.165, 1.54) is 16.8 Å². The van der Waals surface area contributed by atoms with Crippen molar-refractivity contribution < 1.29 is 17.9 Å². The Bertz CT molecular complexity index is 1460. The number of fused-ring (bicyclic) bond motifs is 1. The lowest BCUT2D eigenvalue weighted by molar-refractivity contribution is -0.138. The summed E-state index contributed by atoms with van der Waals surface area (Å²) in [6, 6.07) is 13.2. The van der Waals surface area contributed by atoms with Crippen LogP contribution in [0.5, 0.6) is 5.75 Å². The fourth-order valence-electron chi connectivity index (χ4n) is 4.50. The summed E-state index contributed by atoms with van der Waals surface area (Å²) < 4.78 is 48.9. The van der Waals surface area contributed by atoms with Gasteiger partial charge in [0, 0.05) is 51.5 Å². The summed E-state index contributed by atoms with van der Waals surface area (Å²) in [7, 11) is 1.64. The van der Waals surface area contributed by atoms with E-state index < -0.39 is 11.7 Å². The van der Waals surface area contributed by atoms with Crippen molar-refractivity contribution in [1.29, 1.82) is 5.26 Å². The molecular weight excluding hydrogens is 533 g/mol. The fourth-order valence-corrected chi connectivity index (χ4v) is 4.50. The van der Waals surface area contributed by atoms with Crippen molar-refractivity contribution in [2.24, 2.45) is 7.05 Å². The van der Waals surface area contributed by atoms with Gasteiger partial charge in [-0.3, -0.25) is 4.90 Å². The van der Waals surface area contributed by atoms with Gasteiger partial charge in [0.2, 0.25) is 0 Å². The molecule has 0 bridgehead atoms. The number of nitrogens with zero attached hydrogens (tertiary/aromatic N) is 8. The molecule has 0 saturated carbocycles. The maximum atomic E-state index is 13.9. The third-order valence-corrected chi connectivity index (χ3v) is 6.51. The zero-order chi connectivity index (χ0) is 26.7. The van der Waals surface area contributed by atoms with Crippen molar-refractivity contribution in [1.82, 2.24) is 29.9 Å². The minimum Gasteiger partial charge on any atom is -0.493 e. The van der Waals surface area contributed by atoms with Crippen LogP contribution in [0.1, 0.15) is 17.7 Å². The van der Waals surface area contributed by atoms with E-state index in [0.29, 0.717) is 17.5 Å². The molecule has 5 rings (SSSR count). The highest BCUT2D eigenvalue weighted by atomic mass is 35.5. The van der Waals surface area contributed by atoms with Gasteiger partial charge in [-0.1, -0.05) is 11.3 Å². The van der Waals surface area contributed by atoms with Crippen LogP contribution in [0, 0.1) is 11.3 Å². The first kappa shape index (κ1) is 28.1. The van der Waals surface area contributed by atoms with Crippen molar-refractivity contribution in [2.45, 2.75) is 12.6 Å². The number of anilines is 1. The van der Waals surface area contributed by atoms with E-state index in [-0.39, 0.29) is 41.7 Å². The quantitative estimate of drug-likeness (QED) is 0.309. The summed E-state index contributed by atoms with van der Waals surface area (Å²) in [4.78, 5) is 13.1. The van der Waals surface area contributed by atoms with E-state index in [1.807, 2.05) is 24.3 Å². The van der Waals surface area contributed by atoms with Gasteiger partial charge in [0.25, 0.3) is 0 Å². The van der Waals surface area contributed by atoms with Gasteiger partial charge in [-0.25, -0.2) is 14.6 Å². The van der Waals surface area contributed by atoms with Crippen molar-refractivity contribution in [2.75, 3.05) is 44.2 Å². The molecule has 13 heteroatoms. The average Bonchev–Trinajstić information content (AvgIpc) is 3.31. The molecule has 0 aliphatic carbocycles. The molecule has 1 fully saturated rings. The highest BCUT2D eigenvalue weighted by Crippen LogP contribution is 2.39. The third kappa shape index (κ3) is 6.21. The number of nitriles is 1. The lowest BCUT2D eigenvalue weighted by Gasteiger charge is -2.35. The van der Waals surface area contributed by atoms with Crippen LogP contribution in [0.2, 0.25) is 0 Å². The number of rotatable bonds is 7. The van der Waals surface area contributed by atoms with Gasteiger partial charge in [-0.05, 0) is 42.8 Å². The summed E-state index contributed by atoms with van der Waals surface area (Å²) in [5.74, 6) is 0.722. The molecular formula is C26H26ClF3N8O. The lowest BCUT2D eigenvalue weighted by atomic mass is 10.1. The second-order valence-corrected chi connectivity index (χ2v) is 8.98. The zero-order valence-electron chi connectivity index (χ0n) is 21.1. The Hall–Kier alpha value is -3.95. The smallest absolute Gasteiger partial charge is 0.419 e. The molecule has 4 aromatic rings. The maximum Gasteiger partial charge on any atom is 0.419 e. The highest BCUT2D eigenvalue weighted by molar-refractivity contribution is 5.85. The standard InChI is InChI=1S/C26H25F3N8O.ClH/c1-35-22-16-20(32-21(17-30)25(22)33-34-35)18-6-7-23(19(15-18)26(27,28)29)38-14-4-9-36-10-12-37(13-11-36)24-5-2-3-8-31-24;/h2-3,5-8,15-16H,4,9-14H2,1H3;1H. The number of hydrogen-bond acceptors (Lipinski definition) is 8. The van der Waals surface area contributed by atoms with E-state index >= 15 is 0 Å². The van der Waals surface area contributed by atoms with E-state index in [0.717, 1.165) is 44.6 Å². The number of halogens is 4. The predicted octanol–water partition coefficient (Wildman–Crippen LogP) is 4.33. The van der Waals surface area contributed by atoms with E-state index in [4.69, 9.17) is 4.74 Å². The Kier molecular flexibility index (Phi) is 8.52. The van der Waals surface area contributed by atoms with Crippen molar-refractivity contribution in [3.63, 3.8) is 0 Å². The Morgan fingerprint density at radius 3 is 2.56 bits per heavy atom. The second-order valence-electron chi connectivity index (χ2n) is 8.98. The first-order valence-electron chi connectivity index (χ1n) is 12.2. The van der Waals surface area contributed by atoms with Gasteiger partial charge in [0.15, 0.2) is 5.69 Å². The van der Waals surface area contributed by atoms with E-state index in [1.54, 1.807) is 19.3 Å². The number of hydrogen-bond donors (Lipinski definition) is 0. The summed E-state index contributed by atoms with van der Waals surface area (Å²) in [6.07, 6.45) is -2.25. The van der Waals surface area contributed by atoms with Gasteiger partial charge in [0.1, 0.15) is 23.2 Å². The Labute approximate surface area is 229 Å². The maximum absolute atomic E-state index is 13.9. The molecule has 9 nitrogen and oxygen atoms in total. The molecule has 0 spiro atoms. The topological polar surface area (TPSA) is 96.0 Å². The lowest BCUT2D eigenvalue weighted by Crippen LogP contribution is -2.47. The normalized spacial score (nSPS) is 14.2. The molecule has 1 saturated heterocycles. The van der Waals surface area contributed by atoms with Crippen molar-refractivity contribution in [3.05, 3.63) is 59.9 Å². The molecule has 1 aromatic carbocycles. The summed E-state index contributed by atoms with van der Waals surface area (Å²) in [5, 5.41) is 17.2. The van der Waals surface area contributed by atoms with Crippen LogP contribution in [0.4, 0.5) is 19.0 Å². The van der Waals surface area contributed by atoms with Crippen LogP contribution in [-0.2, 0) is 13.2 Å². The molecule has 1 aliphatic heterocycles. The zero-order valence-corrected chi connectivity index (χ0v) is 21.9. The Morgan fingerprint density at radius 1 is 1.08 bits per heavy atom. The molecule has 3 aromatic heterocycles. The second kappa shape index (κ2) is 11.8. The number of ether oxygens (including phenoxy) is 1. The minimum absolute atomic E-state index is 0. The van der Waals surface area contributed by atoms with E-state index in [2.05, 4.69) is 30.1 Å². The number of benzene rings is 1. The van der Waals surface area contributed by atoms with Crippen LogP contribution in [0.15, 0.2) is 48.7 Å². The highest BCUT2D eigenvalue weighted by Gasteiger charge is 2.35. The molecule has 0 unspecified atom stereocenters. The van der Waals surface area contributed by atoms with Gasteiger partial charge < -0.3 is 9.64 Å². The monoisotopic (exact) mass is 558 g/mol. The molecule has 39 heavy (non-hydrogen) atoms. The number of pyridine rings is 2. The van der Waals surface area contributed by atoms with Crippen LogP contribution < -0.4 is 9.64 Å². The largest absolute Gasteiger partial charge is 0.493 e. The number of alkyl halides is 3.